The molecule has 0 bridgehead atoms. The number of hydrogen-bond acceptors (Lipinski definition) is 3. The molecule has 1 spiro atoms. The zero-order valence-corrected chi connectivity index (χ0v) is 13.8. The van der Waals surface area contributed by atoms with Gasteiger partial charge >= 0.3 is 6.09 Å². The third-order valence-corrected chi connectivity index (χ3v) is 6.34. The van der Waals surface area contributed by atoms with Gasteiger partial charge in [0, 0.05) is 22.8 Å². The van der Waals surface area contributed by atoms with Crippen LogP contribution in [0.25, 0.3) is 0 Å². The lowest BCUT2D eigenvalue weighted by molar-refractivity contribution is -0.0914. The first kappa shape index (κ1) is 14.9. The van der Waals surface area contributed by atoms with Gasteiger partial charge in [0.25, 0.3) is 0 Å². The van der Waals surface area contributed by atoms with Gasteiger partial charge in [-0.2, -0.15) is 0 Å². The molecule has 0 saturated carbocycles. The molecule has 116 valence electrons. The summed E-state index contributed by atoms with van der Waals surface area (Å²) in [6, 6.07) is 2.34. The van der Waals surface area contributed by atoms with Gasteiger partial charge in [0.15, 0.2) is 0 Å². The van der Waals surface area contributed by atoms with E-state index in [1.54, 1.807) is 0 Å². The fourth-order valence-corrected chi connectivity index (χ4v) is 4.69. The number of hydrogen-bond donors (Lipinski definition) is 1. The highest BCUT2D eigenvalue weighted by atomic mass is 32.1. The summed E-state index contributed by atoms with van der Waals surface area (Å²) in [6.07, 6.45) is 1.71. The lowest BCUT2D eigenvalue weighted by Crippen LogP contribution is -2.47. The van der Waals surface area contributed by atoms with Crippen molar-refractivity contribution in [3.05, 3.63) is 21.4 Å². The summed E-state index contributed by atoms with van der Waals surface area (Å²) in [6.45, 7) is 8.61. The van der Waals surface area contributed by atoms with E-state index in [0.717, 1.165) is 25.9 Å². The van der Waals surface area contributed by atoms with Gasteiger partial charge in [-0.05, 0) is 36.3 Å². The zero-order chi connectivity index (χ0) is 15.3. The van der Waals surface area contributed by atoms with E-state index in [1.165, 1.54) is 20.2 Å². The SMILES string of the molecule is CC(C)(C)c1cc2c(s1)C1(CCN(C(=O)O)CC1)OCC2. The second-order valence-electron chi connectivity index (χ2n) is 7.08. The molecule has 1 N–H and O–H groups in total. The lowest BCUT2D eigenvalue weighted by Gasteiger charge is -2.43. The van der Waals surface area contributed by atoms with Crippen LogP contribution in [0.15, 0.2) is 6.07 Å². The van der Waals surface area contributed by atoms with Crippen molar-refractivity contribution in [1.29, 1.82) is 0 Å². The Morgan fingerprint density at radius 3 is 2.62 bits per heavy atom. The van der Waals surface area contributed by atoms with Gasteiger partial charge in [0.2, 0.25) is 0 Å². The fourth-order valence-electron chi connectivity index (χ4n) is 3.22. The second kappa shape index (κ2) is 4.99. The zero-order valence-electron chi connectivity index (χ0n) is 12.9. The largest absolute Gasteiger partial charge is 0.465 e. The van der Waals surface area contributed by atoms with Gasteiger partial charge in [0.1, 0.15) is 5.60 Å². The molecule has 0 atom stereocenters. The maximum atomic E-state index is 11.1. The van der Waals surface area contributed by atoms with Gasteiger partial charge in [-0.3, -0.25) is 0 Å². The number of thiophene rings is 1. The molecule has 3 heterocycles. The number of carbonyl (C=O) groups is 1. The topological polar surface area (TPSA) is 49.8 Å². The van der Waals surface area contributed by atoms with Crippen molar-refractivity contribution in [2.45, 2.75) is 51.0 Å². The quantitative estimate of drug-likeness (QED) is 0.797. The highest BCUT2D eigenvalue weighted by molar-refractivity contribution is 7.12. The normalized spacial score (nSPS) is 21.4. The average Bonchev–Trinajstić information content (AvgIpc) is 2.85. The van der Waals surface area contributed by atoms with Crippen LogP contribution >= 0.6 is 11.3 Å². The van der Waals surface area contributed by atoms with Crippen molar-refractivity contribution in [2.24, 2.45) is 0 Å². The lowest BCUT2D eigenvalue weighted by atomic mass is 9.85. The standard InChI is InChI=1S/C16H23NO3S/c1-15(2,3)12-10-11-4-9-20-16(13(11)21-12)5-7-17(8-6-16)14(18)19/h10H,4-9H2,1-3H3,(H,18,19). The third kappa shape index (κ3) is 2.57. The van der Waals surface area contributed by atoms with Gasteiger partial charge in [-0.25, -0.2) is 4.79 Å². The highest BCUT2D eigenvalue weighted by Crippen LogP contribution is 2.47. The van der Waals surface area contributed by atoms with Crippen LogP contribution in [0.4, 0.5) is 4.79 Å². The van der Waals surface area contributed by atoms with Crippen molar-refractivity contribution < 1.29 is 14.6 Å². The first-order valence-corrected chi connectivity index (χ1v) is 8.39. The van der Waals surface area contributed by atoms with Crippen LogP contribution in [0.3, 0.4) is 0 Å². The van der Waals surface area contributed by atoms with Gasteiger partial charge in [0.05, 0.1) is 6.61 Å². The Hall–Kier alpha value is -1.07. The Balaban J connectivity index is 1.91. The van der Waals surface area contributed by atoms with E-state index >= 15 is 0 Å². The molecule has 5 heteroatoms. The third-order valence-electron chi connectivity index (χ3n) is 4.55. The molecule has 3 rings (SSSR count). The Morgan fingerprint density at radius 2 is 2.05 bits per heavy atom. The summed E-state index contributed by atoms with van der Waals surface area (Å²) in [5.41, 5.74) is 1.33. The molecule has 0 aliphatic carbocycles. The maximum absolute atomic E-state index is 11.1. The summed E-state index contributed by atoms with van der Waals surface area (Å²) < 4.78 is 6.18. The number of carboxylic acid groups (broad SMARTS) is 1. The summed E-state index contributed by atoms with van der Waals surface area (Å²) >= 11 is 1.87. The highest BCUT2D eigenvalue weighted by Gasteiger charge is 2.43. The minimum absolute atomic E-state index is 0.158. The van der Waals surface area contributed by atoms with E-state index in [2.05, 4.69) is 26.8 Å². The van der Waals surface area contributed by atoms with Crippen molar-refractivity contribution in [2.75, 3.05) is 19.7 Å². The number of piperidine rings is 1. The molecule has 0 aromatic carbocycles. The van der Waals surface area contributed by atoms with E-state index in [4.69, 9.17) is 9.84 Å². The molecule has 1 aromatic heterocycles. The molecule has 0 unspecified atom stereocenters. The van der Waals surface area contributed by atoms with Gasteiger partial charge in [-0.1, -0.05) is 20.8 Å². The molecule has 0 radical (unpaired) electrons. The molecular weight excluding hydrogens is 286 g/mol. The van der Waals surface area contributed by atoms with Crippen LogP contribution in [0.1, 0.15) is 48.9 Å². The van der Waals surface area contributed by atoms with E-state index in [0.29, 0.717) is 13.1 Å². The number of nitrogens with zero attached hydrogens (tertiary/aromatic N) is 1. The van der Waals surface area contributed by atoms with Crippen LogP contribution in [-0.2, 0) is 22.2 Å². The predicted octanol–water partition coefficient (Wildman–Crippen LogP) is 3.59. The van der Waals surface area contributed by atoms with Crippen LogP contribution in [-0.4, -0.2) is 35.8 Å². The molecule has 1 saturated heterocycles. The van der Waals surface area contributed by atoms with E-state index in [9.17, 15) is 4.79 Å². The van der Waals surface area contributed by atoms with E-state index in [1.807, 2.05) is 11.3 Å². The Morgan fingerprint density at radius 1 is 1.38 bits per heavy atom. The Labute approximate surface area is 129 Å². The number of ether oxygens (including phenoxy) is 1. The smallest absolute Gasteiger partial charge is 0.407 e. The monoisotopic (exact) mass is 309 g/mol. The molecular formula is C16H23NO3S. The number of fused-ring (bicyclic) bond motifs is 2. The Kier molecular flexibility index (Phi) is 3.53. The molecule has 4 nitrogen and oxygen atoms in total. The van der Waals surface area contributed by atoms with E-state index < -0.39 is 6.09 Å². The molecule has 2 aliphatic rings. The van der Waals surface area contributed by atoms with Crippen LogP contribution in [0.2, 0.25) is 0 Å². The van der Waals surface area contributed by atoms with Crippen molar-refractivity contribution in [1.82, 2.24) is 4.90 Å². The predicted molar refractivity (Wildman–Crippen MR) is 83.2 cm³/mol. The number of amides is 1. The van der Waals surface area contributed by atoms with Gasteiger partial charge in [-0.15, -0.1) is 11.3 Å². The van der Waals surface area contributed by atoms with Crippen LogP contribution in [0, 0.1) is 0 Å². The fraction of sp³-hybridized carbons (Fsp3) is 0.688. The number of rotatable bonds is 0. The van der Waals surface area contributed by atoms with Crippen molar-refractivity contribution in [3.8, 4) is 0 Å². The first-order valence-electron chi connectivity index (χ1n) is 7.57. The van der Waals surface area contributed by atoms with Crippen molar-refractivity contribution in [3.63, 3.8) is 0 Å². The maximum Gasteiger partial charge on any atom is 0.407 e. The molecule has 1 amide bonds. The van der Waals surface area contributed by atoms with E-state index in [-0.39, 0.29) is 11.0 Å². The number of likely N-dealkylation sites (tertiary alicyclic amines) is 1. The van der Waals surface area contributed by atoms with Crippen molar-refractivity contribution >= 4 is 17.4 Å². The minimum Gasteiger partial charge on any atom is -0.465 e. The Bertz CT molecular complexity index is 550. The van der Waals surface area contributed by atoms with Crippen LogP contribution in [0.5, 0.6) is 0 Å². The molecule has 2 aliphatic heterocycles. The summed E-state index contributed by atoms with van der Waals surface area (Å²) in [4.78, 5) is 15.3. The summed E-state index contributed by atoms with van der Waals surface area (Å²) in [7, 11) is 0. The summed E-state index contributed by atoms with van der Waals surface area (Å²) in [5, 5.41) is 9.12. The molecule has 1 aromatic rings. The van der Waals surface area contributed by atoms with Gasteiger partial charge < -0.3 is 14.7 Å². The molecule has 1 fully saturated rings. The second-order valence-corrected chi connectivity index (χ2v) is 8.13. The first-order chi connectivity index (χ1) is 9.82. The summed E-state index contributed by atoms with van der Waals surface area (Å²) in [5.74, 6) is 0. The minimum atomic E-state index is -0.817. The van der Waals surface area contributed by atoms with Crippen LogP contribution < -0.4 is 0 Å². The molecule has 21 heavy (non-hydrogen) atoms. The average molecular weight is 309 g/mol.